The Hall–Kier alpha value is -3.79. The number of ether oxygens (including phenoxy) is 3. The van der Waals surface area contributed by atoms with Crippen LogP contribution >= 0.6 is 11.8 Å². The predicted octanol–water partition coefficient (Wildman–Crippen LogP) is 4.69. The molecule has 1 N–H and O–H groups in total. The Balaban J connectivity index is 1.65. The van der Waals surface area contributed by atoms with Crippen molar-refractivity contribution in [3.05, 3.63) is 81.8 Å². The molecule has 0 saturated heterocycles. The molecule has 0 spiro atoms. The van der Waals surface area contributed by atoms with E-state index in [9.17, 15) is 14.0 Å². The van der Waals surface area contributed by atoms with Gasteiger partial charge in [0.25, 0.3) is 0 Å². The van der Waals surface area contributed by atoms with Gasteiger partial charge >= 0.3 is 5.97 Å². The van der Waals surface area contributed by atoms with Crippen LogP contribution in [0.2, 0.25) is 0 Å². The largest absolute Gasteiger partial charge is 0.497 e. The molecular formula is C27H28FN3O5S. The Kier molecular flexibility index (Phi) is 8.17. The lowest BCUT2D eigenvalue weighted by Crippen LogP contribution is -2.38. The van der Waals surface area contributed by atoms with Crippen molar-refractivity contribution in [1.29, 1.82) is 0 Å². The first-order chi connectivity index (χ1) is 17.8. The molecule has 10 heteroatoms. The Bertz CT molecular complexity index is 1270. The number of carbonyl (C=O) groups excluding carboxylic acids is 2. The van der Waals surface area contributed by atoms with Crippen LogP contribution in [0, 0.1) is 5.82 Å². The molecule has 0 bridgehead atoms. The summed E-state index contributed by atoms with van der Waals surface area (Å²) in [6.45, 7) is 4.00. The number of methoxy groups -OCH3 is 2. The number of amidine groups is 1. The lowest BCUT2D eigenvalue weighted by Gasteiger charge is -2.36. The van der Waals surface area contributed by atoms with Crippen molar-refractivity contribution >= 4 is 28.8 Å². The van der Waals surface area contributed by atoms with E-state index < -0.39 is 12.0 Å². The number of hydrogen-bond donors (Lipinski definition) is 1. The highest BCUT2D eigenvalue weighted by molar-refractivity contribution is 8.16. The number of allylic oxidation sites excluding steroid dienone is 1. The predicted molar refractivity (Wildman–Crippen MR) is 139 cm³/mol. The summed E-state index contributed by atoms with van der Waals surface area (Å²) in [5.74, 6) is 0.0958. The van der Waals surface area contributed by atoms with Crippen LogP contribution in [0.1, 0.15) is 37.4 Å². The van der Waals surface area contributed by atoms with Gasteiger partial charge in [0.05, 0.1) is 44.6 Å². The lowest BCUT2D eigenvalue weighted by molar-refractivity contribution is -0.139. The summed E-state index contributed by atoms with van der Waals surface area (Å²) in [7, 11) is 3.12. The van der Waals surface area contributed by atoms with E-state index in [4.69, 9.17) is 14.2 Å². The summed E-state index contributed by atoms with van der Waals surface area (Å²) >= 11 is 1.39. The number of carbonyl (C=O) groups is 2. The van der Waals surface area contributed by atoms with Crippen molar-refractivity contribution in [1.82, 2.24) is 10.2 Å². The molecule has 0 radical (unpaired) electrons. The Morgan fingerprint density at radius 2 is 1.78 bits per heavy atom. The van der Waals surface area contributed by atoms with E-state index in [1.165, 1.54) is 23.9 Å². The average molecular weight is 526 g/mol. The van der Waals surface area contributed by atoms with E-state index in [0.29, 0.717) is 33.6 Å². The number of hydrogen-bond acceptors (Lipinski definition) is 8. The SMILES string of the molecule is CCOC(=O)C1=C(C)N=C2SC=C(CC(=O)NCc3ccc(F)cc3)N2[C@H]1c1cc(OC)cc(OC)c1. The fourth-order valence-electron chi connectivity index (χ4n) is 4.17. The van der Waals surface area contributed by atoms with E-state index >= 15 is 0 Å². The maximum atomic E-state index is 13.2. The highest BCUT2D eigenvalue weighted by Gasteiger charge is 2.41. The zero-order valence-electron chi connectivity index (χ0n) is 21.0. The molecule has 1 atom stereocenters. The summed E-state index contributed by atoms with van der Waals surface area (Å²) in [5.41, 5.74) is 3.11. The summed E-state index contributed by atoms with van der Waals surface area (Å²) in [5, 5.41) is 5.39. The molecule has 1 amide bonds. The van der Waals surface area contributed by atoms with Crippen molar-refractivity contribution in [2.24, 2.45) is 4.99 Å². The van der Waals surface area contributed by atoms with Crippen LogP contribution in [0.4, 0.5) is 4.39 Å². The van der Waals surface area contributed by atoms with Gasteiger partial charge in [0.15, 0.2) is 5.17 Å². The van der Waals surface area contributed by atoms with Gasteiger partial charge in [0.1, 0.15) is 17.3 Å². The van der Waals surface area contributed by atoms with Crippen molar-refractivity contribution in [3.63, 3.8) is 0 Å². The fourth-order valence-corrected chi connectivity index (χ4v) is 5.14. The second kappa shape index (κ2) is 11.5. The van der Waals surface area contributed by atoms with E-state index in [2.05, 4.69) is 10.3 Å². The minimum atomic E-state index is -0.610. The molecule has 2 aromatic rings. The van der Waals surface area contributed by atoms with E-state index in [1.54, 1.807) is 46.3 Å². The van der Waals surface area contributed by atoms with Gasteiger partial charge in [-0.05, 0) is 54.6 Å². The van der Waals surface area contributed by atoms with E-state index in [1.807, 2.05) is 22.4 Å². The normalized spacial score (nSPS) is 16.6. The first-order valence-electron chi connectivity index (χ1n) is 11.7. The number of rotatable bonds is 9. The van der Waals surface area contributed by atoms with Crippen LogP contribution in [0.3, 0.4) is 0 Å². The van der Waals surface area contributed by atoms with Crippen LogP contribution in [-0.2, 0) is 20.9 Å². The van der Waals surface area contributed by atoms with Crippen molar-refractivity contribution in [2.45, 2.75) is 32.9 Å². The maximum Gasteiger partial charge on any atom is 0.338 e. The quantitative estimate of drug-likeness (QED) is 0.475. The van der Waals surface area contributed by atoms with Crippen LogP contribution in [0.25, 0.3) is 0 Å². The van der Waals surface area contributed by atoms with Crippen LogP contribution < -0.4 is 14.8 Å². The van der Waals surface area contributed by atoms with E-state index in [0.717, 1.165) is 11.1 Å². The number of thioether (sulfide) groups is 1. The molecule has 2 aromatic carbocycles. The summed E-state index contributed by atoms with van der Waals surface area (Å²) in [4.78, 5) is 32.6. The standard InChI is InChI=1S/C27H28FN3O5S/c1-5-36-26(33)24-16(2)30-27-31(25(24)18-10-21(34-3)13-22(11-18)35-4)20(15-37-27)12-23(32)29-14-17-6-8-19(28)9-7-17/h6-11,13,15,25H,5,12,14H2,1-4H3,(H,29,32)/t25-/m0/s1. The van der Waals surface area contributed by atoms with Crippen LogP contribution in [0.5, 0.6) is 11.5 Å². The second-order valence-corrected chi connectivity index (χ2v) is 9.18. The van der Waals surface area contributed by atoms with Crippen LogP contribution in [0.15, 0.2) is 69.8 Å². The number of halogens is 1. The van der Waals surface area contributed by atoms with Gasteiger partial charge < -0.3 is 24.4 Å². The first-order valence-corrected chi connectivity index (χ1v) is 12.6. The van der Waals surface area contributed by atoms with Gasteiger partial charge in [0.2, 0.25) is 5.91 Å². The van der Waals surface area contributed by atoms with Crippen LogP contribution in [-0.4, -0.2) is 42.8 Å². The highest BCUT2D eigenvalue weighted by atomic mass is 32.2. The number of fused-ring (bicyclic) bond motifs is 1. The second-order valence-electron chi connectivity index (χ2n) is 8.34. The molecule has 0 unspecified atom stereocenters. The molecule has 0 fully saturated rings. The number of aliphatic imine (C=N–C) groups is 1. The average Bonchev–Trinajstić information content (AvgIpc) is 3.28. The van der Waals surface area contributed by atoms with Gasteiger partial charge in [-0.25, -0.2) is 14.2 Å². The van der Waals surface area contributed by atoms with Gasteiger partial charge in [-0.15, -0.1) is 0 Å². The summed E-state index contributed by atoms with van der Waals surface area (Å²) in [6, 6.07) is 10.8. The topological polar surface area (TPSA) is 89.5 Å². The third-order valence-electron chi connectivity index (χ3n) is 5.93. The molecule has 0 saturated carbocycles. The molecular weight excluding hydrogens is 497 g/mol. The van der Waals surface area contributed by atoms with Crippen molar-refractivity contribution in [3.8, 4) is 11.5 Å². The molecule has 0 aromatic heterocycles. The number of nitrogens with zero attached hydrogens (tertiary/aromatic N) is 2. The number of benzene rings is 2. The molecule has 194 valence electrons. The lowest BCUT2D eigenvalue weighted by atomic mass is 9.93. The third-order valence-corrected chi connectivity index (χ3v) is 6.82. The monoisotopic (exact) mass is 525 g/mol. The number of amides is 1. The molecule has 2 heterocycles. The van der Waals surface area contributed by atoms with Crippen molar-refractivity contribution in [2.75, 3.05) is 20.8 Å². The summed E-state index contributed by atoms with van der Waals surface area (Å²) < 4.78 is 29.5. The molecule has 2 aliphatic rings. The summed E-state index contributed by atoms with van der Waals surface area (Å²) in [6.07, 6.45) is 0.0555. The highest BCUT2D eigenvalue weighted by Crippen LogP contribution is 2.46. The van der Waals surface area contributed by atoms with Gasteiger partial charge in [-0.1, -0.05) is 23.9 Å². The Morgan fingerprint density at radius 1 is 1.11 bits per heavy atom. The van der Waals surface area contributed by atoms with Gasteiger partial charge in [-0.3, -0.25) is 4.79 Å². The zero-order chi connectivity index (χ0) is 26.5. The molecule has 37 heavy (non-hydrogen) atoms. The molecule has 0 aliphatic carbocycles. The zero-order valence-corrected chi connectivity index (χ0v) is 21.9. The molecule has 2 aliphatic heterocycles. The van der Waals surface area contributed by atoms with Crippen molar-refractivity contribution < 1.29 is 28.2 Å². The molecule has 4 rings (SSSR count). The Labute approximate surface area is 219 Å². The Morgan fingerprint density at radius 3 is 2.41 bits per heavy atom. The smallest absolute Gasteiger partial charge is 0.338 e. The first kappa shape index (κ1) is 26.3. The number of esters is 1. The van der Waals surface area contributed by atoms with Gasteiger partial charge in [0, 0.05) is 18.3 Å². The fraction of sp³-hybridized carbons (Fsp3) is 0.296. The van der Waals surface area contributed by atoms with Gasteiger partial charge in [-0.2, -0.15) is 0 Å². The maximum absolute atomic E-state index is 13.2. The minimum absolute atomic E-state index is 0.0555. The van der Waals surface area contributed by atoms with E-state index in [-0.39, 0.29) is 31.3 Å². The molecule has 8 nitrogen and oxygen atoms in total. The third kappa shape index (κ3) is 5.80. The minimum Gasteiger partial charge on any atom is -0.497 e. The number of nitrogens with one attached hydrogen (secondary N) is 1.